The molecule has 0 aliphatic rings. The zero-order chi connectivity index (χ0) is 15.1. The van der Waals surface area contributed by atoms with E-state index in [2.05, 4.69) is 61.6 Å². The summed E-state index contributed by atoms with van der Waals surface area (Å²) in [6, 6.07) is 16.6. The Morgan fingerprint density at radius 3 is 2.48 bits per heavy atom. The van der Waals surface area contributed by atoms with Crippen LogP contribution in [-0.4, -0.2) is 6.54 Å². The second kappa shape index (κ2) is 8.02. The summed E-state index contributed by atoms with van der Waals surface area (Å²) < 4.78 is 0. The highest BCUT2D eigenvalue weighted by Crippen LogP contribution is 2.21. The molecule has 0 heterocycles. The highest BCUT2D eigenvalue weighted by atomic mass is 35.5. The lowest BCUT2D eigenvalue weighted by molar-refractivity contribution is 0.700. The molecule has 0 amide bonds. The van der Waals surface area contributed by atoms with Gasteiger partial charge in [0.1, 0.15) is 0 Å². The predicted octanol–water partition coefficient (Wildman–Crippen LogP) is 5.23. The van der Waals surface area contributed by atoms with Gasteiger partial charge in [0.25, 0.3) is 0 Å². The van der Waals surface area contributed by atoms with Gasteiger partial charge < -0.3 is 5.32 Å². The molecular weight excluding hydrogens is 278 g/mol. The third kappa shape index (κ3) is 4.73. The monoisotopic (exact) mass is 299 g/mol. The molecular formula is C19H22ClN. The number of hydrogen-bond acceptors (Lipinski definition) is 1. The number of rotatable bonds is 6. The molecule has 0 saturated carbocycles. The first-order chi connectivity index (χ1) is 10.2. The van der Waals surface area contributed by atoms with Gasteiger partial charge in [-0.1, -0.05) is 54.1 Å². The molecule has 2 aromatic carbocycles. The van der Waals surface area contributed by atoms with Gasteiger partial charge in [-0.3, -0.25) is 0 Å². The molecule has 0 fully saturated rings. The van der Waals surface area contributed by atoms with Gasteiger partial charge in [-0.25, -0.2) is 0 Å². The SMILES string of the molecule is CC=C(CCNCc1ccc(Cl)cc1)c1ccccc1C. The van der Waals surface area contributed by atoms with E-state index in [0.29, 0.717) is 0 Å². The van der Waals surface area contributed by atoms with Gasteiger partial charge in [-0.15, -0.1) is 0 Å². The zero-order valence-corrected chi connectivity index (χ0v) is 13.5. The first kappa shape index (κ1) is 15.8. The van der Waals surface area contributed by atoms with Gasteiger partial charge in [0.15, 0.2) is 0 Å². The number of nitrogens with one attached hydrogen (secondary N) is 1. The van der Waals surface area contributed by atoms with Crippen molar-refractivity contribution < 1.29 is 0 Å². The van der Waals surface area contributed by atoms with Gasteiger partial charge in [-0.2, -0.15) is 0 Å². The minimum atomic E-state index is 0.787. The second-order valence-electron chi connectivity index (χ2n) is 5.18. The van der Waals surface area contributed by atoms with Crippen molar-refractivity contribution in [2.75, 3.05) is 6.54 Å². The molecule has 0 atom stereocenters. The van der Waals surface area contributed by atoms with Crippen LogP contribution < -0.4 is 5.32 Å². The molecule has 1 N–H and O–H groups in total. The standard InChI is InChI=1S/C19H22ClN/c1-3-17(19-7-5-4-6-15(19)2)12-13-21-14-16-8-10-18(20)11-9-16/h3-11,21H,12-14H2,1-2H3. The lowest BCUT2D eigenvalue weighted by atomic mass is 9.98. The molecule has 21 heavy (non-hydrogen) atoms. The average molecular weight is 300 g/mol. The predicted molar refractivity (Wildman–Crippen MR) is 92.6 cm³/mol. The van der Waals surface area contributed by atoms with Crippen LogP contribution in [-0.2, 0) is 6.54 Å². The molecule has 2 aromatic rings. The summed E-state index contributed by atoms with van der Waals surface area (Å²) in [5.41, 5.74) is 5.35. The van der Waals surface area contributed by atoms with Crippen molar-refractivity contribution in [2.24, 2.45) is 0 Å². The number of hydrogen-bond donors (Lipinski definition) is 1. The van der Waals surface area contributed by atoms with Crippen LogP contribution in [0, 0.1) is 6.92 Å². The van der Waals surface area contributed by atoms with Crippen LogP contribution >= 0.6 is 11.6 Å². The van der Waals surface area contributed by atoms with Gasteiger partial charge >= 0.3 is 0 Å². The number of aryl methyl sites for hydroxylation is 1. The summed E-state index contributed by atoms with van der Waals surface area (Å²) >= 11 is 5.89. The number of allylic oxidation sites excluding steroid dienone is 1. The molecule has 2 rings (SSSR count). The molecule has 0 unspecified atom stereocenters. The van der Waals surface area contributed by atoms with Gasteiger partial charge in [0, 0.05) is 11.6 Å². The van der Waals surface area contributed by atoms with E-state index >= 15 is 0 Å². The first-order valence-corrected chi connectivity index (χ1v) is 7.75. The summed E-state index contributed by atoms with van der Waals surface area (Å²) in [4.78, 5) is 0. The van der Waals surface area contributed by atoms with Crippen molar-refractivity contribution in [3.8, 4) is 0 Å². The highest BCUT2D eigenvalue weighted by molar-refractivity contribution is 6.30. The van der Waals surface area contributed by atoms with Crippen molar-refractivity contribution in [2.45, 2.75) is 26.8 Å². The topological polar surface area (TPSA) is 12.0 Å². The van der Waals surface area contributed by atoms with Gasteiger partial charge in [0.05, 0.1) is 0 Å². The largest absolute Gasteiger partial charge is 0.312 e. The summed E-state index contributed by atoms with van der Waals surface area (Å²) in [5.74, 6) is 0. The molecule has 0 aliphatic carbocycles. The first-order valence-electron chi connectivity index (χ1n) is 7.37. The van der Waals surface area contributed by atoms with Crippen LogP contribution in [0.5, 0.6) is 0 Å². The van der Waals surface area contributed by atoms with E-state index in [1.165, 1.54) is 22.3 Å². The zero-order valence-electron chi connectivity index (χ0n) is 12.7. The molecule has 0 aliphatic heterocycles. The molecule has 2 heteroatoms. The van der Waals surface area contributed by atoms with E-state index in [4.69, 9.17) is 11.6 Å². The van der Waals surface area contributed by atoms with E-state index in [9.17, 15) is 0 Å². The fourth-order valence-electron chi connectivity index (χ4n) is 2.43. The normalized spacial score (nSPS) is 11.7. The Balaban J connectivity index is 1.85. The van der Waals surface area contributed by atoms with Crippen LogP contribution in [0.15, 0.2) is 54.6 Å². The Labute approximate surface area is 132 Å². The fraction of sp³-hybridized carbons (Fsp3) is 0.263. The fourth-order valence-corrected chi connectivity index (χ4v) is 2.55. The molecule has 0 saturated heterocycles. The van der Waals surface area contributed by atoms with Crippen LogP contribution in [0.3, 0.4) is 0 Å². The lowest BCUT2D eigenvalue weighted by Crippen LogP contribution is -2.15. The van der Waals surface area contributed by atoms with Crippen molar-refractivity contribution in [3.63, 3.8) is 0 Å². The van der Waals surface area contributed by atoms with Gasteiger partial charge in [0.2, 0.25) is 0 Å². The Morgan fingerprint density at radius 1 is 1.10 bits per heavy atom. The molecule has 0 spiro atoms. The minimum Gasteiger partial charge on any atom is -0.312 e. The van der Waals surface area contributed by atoms with Crippen LogP contribution in [0.2, 0.25) is 5.02 Å². The summed E-state index contributed by atoms with van der Waals surface area (Å²) in [5, 5.41) is 4.28. The molecule has 0 radical (unpaired) electrons. The van der Waals surface area contributed by atoms with Gasteiger partial charge in [-0.05, 0) is 61.2 Å². The molecule has 1 nitrogen and oxygen atoms in total. The summed E-state index contributed by atoms with van der Waals surface area (Å²) in [7, 11) is 0. The smallest absolute Gasteiger partial charge is 0.0406 e. The lowest BCUT2D eigenvalue weighted by Gasteiger charge is -2.11. The Morgan fingerprint density at radius 2 is 1.81 bits per heavy atom. The van der Waals surface area contributed by atoms with E-state index in [1.807, 2.05) is 12.1 Å². The van der Waals surface area contributed by atoms with Crippen molar-refractivity contribution in [1.82, 2.24) is 5.32 Å². The van der Waals surface area contributed by atoms with E-state index < -0.39 is 0 Å². The molecule has 0 bridgehead atoms. The van der Waals surface area contributed by atoms with E-state index in [1.54, 1.807) is 0 Å². The third-order valence-corrected chi connectivity index (χ3v) is 3.90. The average Bonchev–Trinajstić information content (AvgIpc) is 2.50. The maximum Gasteiger partial charge on any atom is 0.0406 e. The quantitative estimate of drug-likeness (QED) is 0.720. The van der Waals surface area contributed by atoms with Crippen molar-refractivity contribution in [1.29, 1.82) is 0 Å². The second-order valence-corrected chi connectivity index (χ2v) is 5.62. The summed E-state index contributed by atoms with van der Waals surface area (Å²) in [6.45, 7) is 6.12. The molecule has 110 valence electrons. The van der Waals surface area contributed by atoms with Crippen LogP contribution in [0.25, 0.3) is 5.57 Å². The summed E-state index contributed by atoms with van der Waals surface area (Å²) in [6.07, 6.45) is 3.25. The number of halogens is 1. The Bertz CT molecular complexity index is 599. The molecule has 0 aromatic heterocycles. The van der Waals surface area contributed by atoms with Crippen LogP contribution in [0.1, 0.15) is 30.0 Å². The third-order valence-electron chi connectivity index (χ3n) is 3.65. The van der Waals surface area contributed by atoms with Crippen molar-refractivity contribution >= 4 is 17.2 Å². The van der Waals surface area contributed by atoms with E-state index in [0.717, 1.165) is 24.5 Å². The van der Waals surface area contributed by atoms with Crippen LogP contribution in [0.4, 0.5) is 0 Å². The van der Waals surface area contributed by atoms with E-state index in [-0.39, 0.29) is 0 Å². The van der Waals surface area contributed by atoms with Crippen molar-refractivity contribution in [3.05, 3.63) is 76.3 Å². The maximum absolute atomic E-state index is 5.89. The Hall–Kier alpha value is -1.57. The Kier molecular flexibility index (Phi) is 6.04. The minimum absolute atomic E-state index is 0.787. The highest BCUT2D eigenvalue weighted by Gasteiger charge is 2.03. The maximum atomic E-state index is 5.89. The number of benzene rings is 2.